The molecule has 7 nitrogen and oxygen atoms in total. The number of fused-ring (bicyclic) bond motifs is 1. The van der Waals surface area contributed by atoms with E-state index in [0.717, 1.165) is 44.4 Å². The summed E-state index contributed by atoms with van der Waals surface area (Å²) in [6, 6.07) is 9.38. The number of likely N-dealkylation sites (tertiary alicyclic amines) is 1. The predicted molar refractivity (Wildman–Crippen MR) is 132 cm³/mol. The Morgan fingerprint density at radius 3 is 2.77 bits per heavy atom. The molecule has 2 aromatic carbocycles. The van der Waals surface area contributed by atoms with Gasteiger partial charge in [0.15, 0.2) is 11.6 Å². The van der Waals surface area contributed by atoms with Crippen LogP contribution in [0.1, 0.15) is 36.0 Å². The number of nitrogens with one attached hydrogen (secondary N) is 1. The van der Waals surface area contributed by atoms with Crippen LogP contribution in [0, 0.1) is 11.6 Å². The van der Waals surface area contributed by atoms with Crippen LogP contribution in [-0.2, 0) is 0 Å². The number of nitrogens with zero attached hydrogens (tertiary/aromatic N) is 4. The molecule has 2 heterocycles. The lowest BCUT2D eigenvalue weighted by Gasteiger charge is -2.36. The molecule has 1 aliphatic heterocycles. The minimum Gasteiger partial charge on any atom is -0.494 e. The zero-order valence-electron chi connectivity index (χ0n) is 20.1. The van der Waals surface area contributed by atoms with Gasteiger partial charge in [-0.1, -0.05) is 6.07 Å². The molecular formula is C26H31F2N5O2. The average molecular weight is 484 g/mol. The minimum atomic E-state index is -0.961. The number of aromatic nitrogens is 2. The highest BCUT2D eigenvalue weighted by molar-refractivity contribution is 5.95. The van der Waals surface area contributed by atoms with Crippen molar-refractivity contribution < 1.29 is 18.3 Å². The summed E-state index contributed by atoms with van der Waals surface area (Å²) in [5.74, 6) is -0.799. The number of ether oxygens (including phenoxy) is 1. The van der Waals surface area contributed by atoms with Gasteiger partial charge in [-0.05, 0) is 58.0 Å². The van der Waals surface area contributed by atoms with E-state index in [1.54, 1.807) is 6.07 Å². The van der Waals surface area contributed by atoms with Crippen LogP contribution in [0.25, 0.3) is 11.0 Å². The molecule has 35 heavy (non-hydrogen) atoms. The van der Waals surface area contributed by atoms with Crippen LogP contribution in [0.5, 0.6) is 5.75 Å². The standard InChI is InChI=1S/C26H31F2N5O2/c1-32(2)10-6-12-35-20-9-5-7-18(13-20)26(34)33-11-4-3-8-19(33)16-30-25-17-29-23-14-21(27)22(28)15-24(23)31-25/h5,7,9,13-15,17,19H,3-4,6,8,10-12,16H2,1-2H3,(H,30,31). The summed E-state index contributed by atoms with van der Waals surface area (Å²) < 4.78 is 32.9. The van der Waals surface area contributed by atoms with E-state index in [1.807, 2.05) is 37.2 Å². The van der Waals surface area contributed by atoms with E-state index in [2.05, 4.69) is 20.2 Å². The second-order valence-electron chi connectivity index (χ2n) is 9.07. The second kappa shape index (κ2) is 11.4. The number of benzene rings is 2. The van der Waals surface area contributed by atoms with Crippen molar-refractivity contribution in [1.82, 2.24) is 19.8 Å². The first-order chi connectivity index (χ1) is 16.9. The molecule has 186 valence electrons. The van der Waals surface area contributed by atoms with Gasteiger partial charge in [0.1, 0.15) is 11.6 Å². The fourth-order valence-electron chi connectivity index (χ4n) is 4.25. The van der Waals surface area contributed by atoms with Crippen LogP contribution in [0.3, 0.4) is 0 Å². The molecule has 0 saturated carbocycles. The number of carbonyl (C=O) groups is 1. The SMILES string of the molecule is CN(C)CCCOc1cccc(C(=O)N2CCCCC2CNc2cnc3cc(F)c(F)cc3n2)c1. The first-order valence-corrected chi connectivity index (χ1v) is 11.9. The van der Waals surface area contributed by atoms with Gasteiger partial charge in [0.2, 0.25) is 0 Å². The van der Waals surface area contributed by atoms with Gasteiger partial charge in [-0.3, -0.25) is 9.78 Å². The van der Waals surface area contributed by atoms with Gasteiger partial charge in [-0.2, -0.15) is 0 Å². The quantitative estimate of drug-likeness (QED) is 0.457. The van der Waals surface area contributed by atoms with Gasteiger partial charge in [-0.25, -0.2) is 13.8 Å². The highest BCUT2D eigenvalue weighted by Gasteiger charge is 2.27. The zero-order valence-corrected chi connectivity index (χ0v) is 20.1. The molecule has 1 N–H and O–H groups in total. The summed E-state index contributed by atoms with van der Waals surface area (Å²) in [5.41, 5.74) is 1.16. The van der Waals surface area contributed by atoms with Crippen LogP contribution in [0.15, 0.2) is 42.6 Å². The topological polar surface area (TPSA) is 70.6 Å². The Kier molecular flexibility index (Phi) is 8.07. The third kappa shape index (κ3) is 6.42. The Morgan fingerprint density at radius 1 is 1.17 bits per heavy atom. The van der Waals surface area contributed by atoms with E-state index in [0.29, 0.717) is 36.8 Å². The molecule has 4 rings (SSSR count). The Labute approximate surface area is 204 Å². The Balaban J connectivity index is 1.40. The van der Waals surface area contributed by atoms with E-state index < -0.39 is 11.6 Å². The fourth-order valence-corrected chi connectivity index (χ4v) is 4.25. The molecule has 1 aromatic heterocycles. The predicted octanol–water partition coefficient (Wildman–Crippen LogP) is 4.35. The van der Waals surface area contributed by atoms with Crippen molar-refractivity contribution in [1.29, 1.82) is 0 Å². The molecule has 1 atom stereocenters. The molecule has 1 unspecified atom stereocenters. The third-order valence-electron chi connectivity index (χ3n) is 6.09. The Morgan fingerprint density at radius 2 is 1.97 bits per heavy atom. The number of anilines is 1. The Hall–Kier alpha value is -3.33. The summed E-state index contributed by atoms with van der Waals surface area (Å²) in [7, 11) is 4.05. The summed E-state index contributed by atoms with van der Waals surface area (Å²) in [4.78, 5) is 25.9. The summed E-state index contributed by atoms with van der Waals surface area (Å²) >= 11 is 0. The van der Waals surface area contributed by atoms with E-state index in [1.165, 1.54) is 6.20 Å². The maximum Gasteiger partial charge on any atom is 0.254 e. The molecule has 9 heteroatoms. The van der Waals surface area contributed by atoms with Crippen LogP contribution >= 0.6 is 0 Å². The lowest BCUT2D eigenvalue weighted by Crippen LogP contribution is -2.47. The lowest BCUT2D eigenvalue weighted by molar-refractivity contribution is 0.0628. The first-order valence-electron chi connectivity index (χ1n) is 11.9. The lowest BCUT2D eigenvalue weighted by atomic mass is 10.0. The van der Waals surface area contributed by atoms with Crippen molar-refractivity contribution in [2.45, 2.75) is 31.7 Å². The minimum absolute atomic E-state index is 0.0247. The first kappa shape index (κ1) is 24.8. The van der Waals surface area contributed by atoms with Crippen molar-refractivity contribution in [3.63, 3.8) is 0 Å². The van der Waals surface area contributed by atoms with E-state index in [4.69, 9.17) is 4.74 Å². The number of rotatable bonds is 9. The fraction of sp³-hybridized carbons (Fsp3) is 0.423. The van der Waals surface area contributed by atoms with Gasteiger partial charge >= 0.3 is 0 Å². The maximum atomic E-state index is 13.6. The van der Waals surface area contributed by atoms with E-state index >= 15 is 0 Å². The van der Waals surface area contributed by atoms with E-state index in [-0.39, 0.29) is 23.0 Å². The molecule has 1 amide bonds. The molecule has 0 spiro atoms. The monoisotopic (exact) mass is 483 g/mol. The molecule has 0 aliphatic carbocycles. The van der Waals surface area contributed by atoms with Crippen LogP contribution in [-0.4, -0.2) is 72.1 Å². The number of piperidine rings is 1. The van der Waals surface area contributed by atoms with Crippen molar-refractivity contribution in [2.24, 2.45) is 0 Å². The molecule has 1 saturated heterocycles. The van der Waals surface area contributed by atoms with Crippen LogP contribution < -0.4 is 10.1 Å². The third-order valence-corrected chi connectivity index (χ3v) is 6.09. The molecule has 0 bridgehead atoms. The average Bonchev–Trinajstić information content (AvgIpc) is 2.86. The molecule has 1 aliphatic rings. The number of halogens is 2. The van der Waals surface area contributed by atoms with Crippen LogP contribution in [0.2, 0.25) is 0 Å². The summed E-state index contributed by atoms with van der Waals surface area (Å²) in [6.45, 7) is 2.69. The number of carbonyl (C=O) groups excluding carboxylic acids is 1. The van der Waals surface area contributed by atoms with Crippen molar-refractivity contribution in [3.05, 3.63) is 59.8 Å². The van der Waals surface area contributed by atoms with Gasteiger partial charge < -0.3 is 19.9 Å². The number of amides is 1. The normalized spacial score (nSPS) is 16.0. The van der Waals surface area contributed by atoms with Gasteiger partial charge in [0.05, 0.1) is 23.8 Å². The molecule has 0 radical (unpaired) electrons. The van der Waals surface area contributed by atoms with Gasteiger partial charge in [0.25, 0.3) is 5.91 Å². The molecule has 1 fully saturated rings. The summed E-state index contributed by atoms with van der Waals surface area (Å²) in [5, 5.41) is 3.22. The van der Waals surface area contributed by atoms with E-state index in [9.17, 15) is 13.6 Å². The number of hydrogen-bond donors (Lipinski definition) is 1. The van der Waals surface area contributed by atoms with Crippen molar-refractivity contribution >= 4 is 22.8 Å². The molecular weight excluding hydrogens is 452 g/mol. The van der Waals surface area contributed by atoms with Crippen LogP contribution in [0.4, 0.5) is 14.6 Å². The smallest absolute Gasteiger partial charge is 0.254 e. The molecule has 3 aromatic rings. The highest BCUT2D eigenvalue weighted by atomic mass is 19.2. The summed E-state index contributed by atoms with van der Waals surface area (Å²) in [6.07, 6.45) is 5.24. The second-order valence-corrected chi connectivity index (χ2v) is 9.07. The highest BCUT2D eigenvalue weighted by Crippen LogP contribution is 2.23. The van der Waals surface area contributed by atoms with Gasteiger partial charge in [-0.15, -0.1) is 0 Å². The largest absolute Gasteiger partial charge is 0.494 e. The zero-order chi connectivity index (χ0) is 24.8. The Bertz CT molecular complexity index is 1170. The van der Waals surface area contributed by atoms with Gasteiger partial charge in [0, 0.05) is 43.4 Å². The number of hydrogen-bond acceptors (Lipinski definition) is 6. The van der Waals surface area contributed by atoms with Crippen molar-refractivity contribution in [2.75, 3.05) is 45.7 Å². The van der Waals surface area contributed by atoms with Crippen molar-refractivity contribution in [3.8, 4) is 5.75 Å². The maximum absolute atomic E-state index is 13.6.